The number of carbonyl (C=O) groups is 3. The summed E-state index contributed by atoms with van der Waals surface area (Å²) in [6.45, 7) is 3.76. The summed E-state index contributed by atoms with van der Waals surface area (Å²) in [6.07, 6.45) is 0. The van der Waals surface area contributed by atoms with Crippen molar-refractivity contribution in [2.24, 2.45) is 0 Å². The van der Waals surface area contributed by atoms with E-state index in [-0.39, 0.29) is 12.5 Å². The molecule has 182 valence electrons. The molecule has 9 heteroatoms. The van der Waals surface area contributed by atoms with E-state index in [4.69, 9.17) is 4.98 Å². The molecule has 36 heavy (non-hydrogen) atoms. The minimum atomic E-state index is -1.22. The molecule has 0 bridgehead atoms. The topological polar surface area (TPSA) is 85.8 Å². The van der Waals surface area contributed by atoms with Gasteiger partial charge in [0.05, 0.1) is 10.2 Å². The predicted octanol–water partition coefficient (Wildman–Crippen LogP) is 3.57. The predicted molar refractivity (Wildman–Crippen MR) is 140 cm³/mol. The number of hydrogen-bond acceptors (Lipinski definition) is 6. The van der Waals surface area contributed by atoms with Crippen LogP contribution in [0, 0.1) is 0 Å². The van der Waals surface area contributed by atoms with Crippen molar-refractivity contribution in [3.05, 3.63) is 72.3 Å². The lowest BCUT2D eigenvalue weighted by molar-refractivity contribution is -0.139. The molecule has 8 nitrogen and oxygen atoms in total. The van der Waals surface area contributed by atoms with Crippen molar-refractivity contribution in [3.63, 3.8) is 0 Å². The fraction of sp³-hybridized carbons (Fsp3) is 0.259. The average molecular weight is 500 g/mol. The highest BCUT2D eigenvalue weighted by Gasteiger charge is 2.49. The fourth-order valence-electron chi connectivity index (χ4n) is 4.91. The van der Waals surface area contributed by atoms with E-state index in [1.807, 2.05) is 60.7 Å². The third-order valence-electron chi connectivity index (χ3n) is 7.08. The standard InChI is InChI=1S/C27H25N5O3S/c1-27(20-11-10-18-6-2-3-7-19(18)16-20)24(34)32(25(35)29-27)17-23(33)30-12-14-31(15-13-30)26-28-21-8-4-5-9-22(21)36-26/h2-11,16H,12-15,17H2,1H3,(H,29,35). The van der Waals surface area contributed by atoms with Gasteiger partial charge in [-0.15, -0.1) is 0 Å². The number of para-hydroxylation sites is 1. The maximum absolute atomic E-state index is 13.4. The highest BCUT2D eigenvalue weighted by atomic mass is 32.1. The number of thiazole rings is 1. The lowest BCUT2D eigenvalue weighted by atomic mass is 9.90. The first-order valence-electron chi connectivity index (χ1n) is 11.9. The van der Waals surface area contributed by atoms with Gasteiger partial charge in [-0.05, 0) is 41.5 Å². The molecule has 0 saturated carbocycles. The summed E-state index contributed by atoms with van der Waals surface area (Å²) < 4.78 is 1.14. The summed E-state index contributed by atoms with van der Waals surface area (Å²) in [5, 5.41) is 5.80. The van der Waals surface area contributed by atoms with Crippen LogP contribution in [0.3, 0.4) is 0 Å². The molecular weight excluding hydrogens is 474 g/mol. The van der Waals surface area contributed by atoms with E-state index in [0.29, 0.717) is 31.7 Å². The molecular formula is C27H25N5O3S. The lowest BCUT2D eigenvalue weighted by Gasteiger charge is -2.35. The summed E-state index contributed by atoms with van der Waals surface area (Å²) in [5.41, 5.74) is 0.454. The maximum Gasteiger partial charge on any atom is 0.325 e. The smallest absolute Gasteiger partial charge is 0.325 e. The molecule has 1 N–H and O–H groups in total. The van der Waals surface area contributed by atoms with E-state index in [2.05, 4.69) is 16.3 Å². The summed E-state index contributed by atoms with van der Waals surface area (Å²) >= 11 is 1.64. The third kappa shape index (κ3) is 3.76. The van der Waals surface area contributed by atoms with Crippen LogP contribution < -0.4 is 10.2 Å². The molecule has 3 heterocycles. The first-order chi connectivity index (χ1) is 17.4. The van der Waals surface area contributed by atoms with E-state index in [1.54, 1.807) is 23.2 Å². The first-order valence-corrected chi connectivity index (χ1v) is 12.8. The monoisotopic (exact) mass is 499 g/mol. The Morgan fingerprint density at radius 1 is 0.972 bits per heavy atom. The Balaban J connectivity index is 1.12. The second-order valence-electron chi connectivity index (χ2n) is 9.34. The highest BCUT2D eigenvalue weighted by Crippen LogP contribution is 2.32. The zero-order valence-corrected chi connectivity index (χ0v) is 20.6. The molecule has 4 amide bonds. The summed E-state index contributed by atoms with van der Waals surface area (Å²) in [4.78, 5) is 48.9. The molecule has 0 radical (unpaired) electrons. The molecule has 1 unspecified atom stereocenters. The van der Waals surface area contributed by atoms with E-state index in [9.17, 15) is 14.4 Å². The summed E-state index contributed by atoms with van der Waals surface area (Å²) in [6, 6.07) is 21.1. The van der Waals surface area contributed by atoms with Gasteiger partial charge < -0.3 is 15.1 Å². The van der Waals surface area contributed by atoms with Crippen LogP contribution in [-0.4, -0.2) is 65.4 Å². The Bertz CT molecular complexity index is 1480. The number of nitrogens with zero attached hydrogens (tertiary/aromatic N) is 4. The van der Waals surface area contributed by atoms with E-state index in [0.717, 1.165) is 31.0 Å². The van der Waals surface area contributed by atoms with Crippen molar-refractivity contribution in [2.45, 2.75) is 12.5 Å². The zero-order chi connectivity index (χ0) is 24.9. The Kier molecular flexibility index (Phi) is 5.37. The normalized spacial score (nSPS) is 20.4. The quantitative estimate of drug-likeness (QED) is 0.434. The van der Waals surface area contributed by atoms with Crippen molar-refractivity contribution in [2.75, 3.05) is 37.6 Å². The lowest BCUT2D eigenvalue weighted by Crippen LogP contribution is -2.52. The van der Waals surface area contributed by atoms with Gasteiger partial charge in [-0.1, -0.05) is 59.9 Å². The van der Waals surface area contributed by atoms with Crippen molar-refractivity contribution < 1.29 is 14.4 Å². The molecule has 2 fully saturated rings. The molecule has 0 aliphatic carbocycles. The number of benzene rings is 3. The number of nitrogens with one attached hydrogen (secondary N) is 1. The van der Waals surface area contributed by atoms with Gasteiger partial charge in [0.25, 0.3) is 5.91 Å². The number of aromatic nitrogens is 1. The number of carbonyl (C=O) groups excluding carboxylic acids is 3. The first kappa shape index (κ1) is 22.5. The van der Waals surface area contributed by atoms with Crippen LogP contribution in [0.4, 0.5) is 9.93 Å². The van der Waals surface area contributed by atoms with Gasteiger partial charge in [-0.3, -0.25) is 14.5 Å². The minimum Gasteiger partial charge on any atom is -0.345 e. The number of amides is 4. The molecule has 4 aromatic rings. The number of urea groups is 1. The zero-order valence-electron chi connectivity index (χ0n) is 19.8. The van der Waals surface area contributed by atoms with Gasteiger partial charge in [-0.25, -0.2) is 9.78 Å². The van der Waals surface area contributed by atoms with Crippen molar-refractivity contribution in [1.82, 2.24) is 20.1 Å². The second-order valence-corrected chi connectivity index (χ2v) is 10.3. The van der Waals surface area contributed by atoms with Crippen molar-refractivity contribution >= 4 is 55.3 Å². The Morgan fingerprint density at radius 3 is 2.47 bits per heavy atom. The van der Waals surface area contributed by atoms with Gasteiger partial charge in [0.15, 0.2) is 5.13 Å². The Labute approximate surface area is 212 Å². The van der Waals surface area contributed by atoms with Crippen LogP contribution in [0.1, 0.15) is 12.5 Å². The third-order valence-corrected chi connectivity index (χ3v) is 8.18. The maximum atomic E-state index is 13.4. The number of hydrogen-bond donors (Lipinski definition) is 1. The Hall–Kier alpha value is -3.98. The SMILES string of the molecule is CC1(c2ccc3ccccc3c2)NC(=O)N(CC(=O)N2CCN(c3nc4ccccc4s3)CC2)C1=O. The molecule has 0 spiro atoms. The van der Waals surface area contributed by atoms with Gasteiger partial charge >= 0.3 is 6.03 Å². The minimum absolute atomic E-state index is 0.231. The summed E-state index contributed by atoms with van der Waals surface area (Å²) in [7, 11) is 0. The molecule has 1 atom stereocenters. The average Bonchev–Trinajstić information content (AvgIpc) is 3.43. The van der Waals surface area contributed by atoms with E-state index in [1.165, 1.54) is 0 Å². The number of anilines is 1. The van der Waals surface area contributed by atoms with E-state index >= 15 is 0 Å². The number of rotatable bonds is 4. The number of imide groups is 1. The second kappa shape index (κ2) is 8.60. The fourth-order valence-corrected chi connectivity index (χ4v) is 5.93. The molecule has 2 aliphatic rings. The van der Waals surface area contributed by atoms with Crippen LogP contribution in [0.25, 0.3) is 21.0 Å². The van der Waals surface area contributed by atoms with Gasteiger partial charge in [-0.2, -0.15) is 0 Å². The van der Waals surface area contributed by atoms with Crippen molar-refractivity contribution in [3.8, 4) is 0 Å². The van der Waals surface area contributed by atoms with Gasteiger partial charge in [0.2, 0.25) is 5.91 Å². The van der Waals surface area contributed by atoms with Gasteiger partial charge in [0, 0.05) is 26.2 Å². The van der Waals surface area contributed by atoms with Crippen molar-refractivity contribution in [1.29, 1.82) is 0 Å². The molecule has 2 aliphatic heterocycles. The van der Waals surface area contributed by atoms with Crippen LogP contribution >= 0.6 is 11.3 Å². The summed E-state index contributed by atoms with van der Waals surface area (Å²) in [5.74, 6) is -0.644. The molecule has 1 aromatic heterocycles. The van der Waals surface area contributed by atoms with Crippen LogP contribution in [0.5, 0.6) is 0 Å². The van der Waals surface area contributed by atoms with Crippen LogP contribution in [-0.2, 0) is 15.1 Å². The van der Waals surface area contributed by atoms with Crippen LogP contribution in [0.15, 0.2) is 66.7 Å². The highest BCUT2D eigenvalue weighted by molar-refractivity contribution is 7.22. The molecule has 2 saturated heterocycles. The number of piperazine rings is 1. The Morgan fingerprint density at radius 2 is 1.69 bits per heavy atom. The molecule has 3 aromatic carbocycles. The van der Waals surface area contributed by atoms with Crippen LogP contribution in [0.2, 0.25) is 0 Å². The molecule has 6 rings (SSSR count). The van der Waals surface area contributed by atoms with E-state index < -0.39 is 17.5 Å². The number of fused-ring (bicyclic) bond motifs is 2. The largest absolute Gasteiger partial charge is 0.345 e. The van der Waals surface area contributed by atoms with Gasteiger partial charge in [0.1, 0.15) is 12.1 Å².